The van der Waals surface area contributed by atoms with Gasteiger partial charge < -0.3 is 15.3 Å². The zero-order valence-electron chi connectivity index (χ0n) is 13.1. The van der Waals surface area contributed by atoms with Crippen molar-refractivity contribution in [2.24, 2.45) is 10.9 Å². The minimum atomic E-state index is -3.11. The van der Waals surface area contributed by atoms with Gasteiger partial charge in [-0.1, -0.05) is 29.4 Å². The van der Waals surface area contributed by atoms with Gasteiger partial charge in [0.15, 0.2) is 9.84 Å². The second kappa shape index (κ2) is 7.37. The van der Waals surface area contributed by atoms with Crippen molar-refractivity contribution in [1.82, 2.24) is 0 Å². The summed E-state index contributed by atoms with van der Waals surface area (Å²) in [5, 5.41) is 3.95. The Morgan fingerprint density at radius 3 is 2.61 bits per heavy atom. The number of oxime groups is 1. The van der Waals surface area contributed by atoms with Gasteiger partial charge in [-0.05, 0) is 11.1 Å². The van der Waals surface area contributed by atoms with E-state index in [4.69, 9.17) is 15.3 Å². The fraction of sp³-hybridized carbons (Fsp3) is 0.533. The van der Waals surface area contributed by atoms with Gasteiger partial charge in [0.1, 0.15) is 12.8 Å². The number of methoxy groups -OCH3 is 1. The van der Waals surface area contributed by atoms with Gasteiger partial charge in [-0.2, -0.15) is 0 Å². The largest absolute Gasteiger partial charge is 0.391 e. The summed E-state index contributed by atoms with van der Waals surface area (Å²) in [6.45, 7) is -0.673. The second-order valence-electron chi connectivity index (χ2n) is 5.66. The number of ether oxygens (including phenoxy) is 1. The number of halogens is 1. The van der Waals surface area contributed by atoms with Gasteiger partial charge >= 0.3 is 0 Å². The van der Waals surface area contributed by atoms with E-state index in [0.717, 1.165) is 11.1 Å². The Balaban J connectivity index is 2.06. The molecule has 128 valence electrons. The maximum atomic E-state index is 12.7. The molecule has 0 saturated heterocycles. The number of hydrogen-bond acceptors (Lipinski definition) is 6. The molecule has 6 nitrogen and oxygen atoms in total. The number of alkyl halides is 1. The lowest BCUT2D eigenvalue weighted by Crippen LogP contribution is -2.31. The molecule has 2 N–H and O–H groups in total. The van der Waals surface area contributed by atoms with E-state index >= 15 is 0 Å². The maximum absolute atomic E-state index is 12.7. The van der Waals surface area contributed by atoms with Crippen molar-refractivity contribution in [2.45, 2.75) is 24.7 Å². The molecule has 0 saturated carbocycles. The lowest BCUT2D eigenvalue weighted by molar-refractivity contribution is 0.0721. The molecule has 1 heterocycles. The standard InChI is InChI=1S/C15H21FN2O4S/c1-21-15(13(17)8-16)11-5-3-10(4-6-11)14-7-12(22-18-14)9-23(2,19)20/h3-6,12-13,15H,7-9,17H2,1-2H3. The Hall–Kier alpha value is -1.51. The van der Waals surface area contributed by atoms with Gasteiger partial charge in [-0.15, -0.1) is 0 Å². The topological polar surface area (TPSA) is 91.0 Å². The summed E-state index contributed by atoms with van der Waals surface area (Å²) < 4.78 is 40.5. The average molecular weight is 344 g/mol. The lowest BCUT2D eigenvalue weighted by atomic mass is 9.99. The Labute approximate surface area is 135 Å². The summed E-state index contributed by atoms with van der Waals surface area (Å²) >= 11 is 0. The molecule has 0 radical (unpaired) electrons. The molecule has 0 bridgehead atoms. The summed E-state index contributed by atoms with van der Waals surface area (Å²) in [5.41, 5.74) is 7.98. The minimum Gasteiger partial charge on any atom is -0.391 e. The molecule has 1 aliphatic heterocycles. The molecule has 0 amide bonds. The molecular formula is C15H21FN2O4S. The lowest BCUT2D eigenvalue weighted by Gasteiger charge is -2.20. The number of benzene rings is 1. The van der Waals surface area contributed by atoms with Crippen LogP contribution in [0.4, 0.5) is 4.39 Å². The summed E-state index contributed by atoms with van der Waals surface area (Å²) in [6, 6.07) is 6.50. The fourth-order valence-corrected chi connectivity index (χ4v) is 3.38. The van der Waals surface area contributed by atoms with Crippen LogP contribution < -0.4 is 5.73 Å². The van der Waals surface area contributed by atoms with E-state index in [1.54, 1.807) is 12.1 Å². The van der Waals surface area contributed by atoms with Gasteiger partial charge in [0.2, 0.25) is 0 Å². The number of nitrogens with two attached hydrogens (primary N) is 1. The molecule has 0 fully saturated rings. The summed E-state index contributed by atoms with van der Waals surface area (Å²) in [6.07, 6.45) is 0.631. The summed E-state index contributed by atoms with van der Waals surface area (Å²) in [4.78, 5) is 5.17. The summed E-state index contributed by atoms with van der Waals surface area (Å²) in [5.74, 6) is -0.0603. The van der Waals surface area contributed by atoms with Gasteiger partial charge in [-0.3, -0.25) is 0 Å². The Morgan fingerprint density at radius 1 is 1.43 bits per heavy atom. The van der Waals surface area contributed by atoms with E-state index in [-0.39, 0.29) is 5.75 Å². The number of sulfone groups is 1. The van der Waals surface area contributed by atoms with Crippen LogP contribution in [0.25, 0.3) is 0 Å². The maximum Gasteiger partial charge on any atom is 0.151 e. The van der Waals surface area contributed by atoms with Crippen molar-refractivity contribution in [3.05, 3.63) is 35.4 Å². The van der Waals surface area contributed by atoms with E-state index in [1.807, 2.05) is 12.1 Å². The smallest absolute Gasteiger partial charge is 0.151 e. The van der Waals surface area contributed by atoms with Gasteiger partial charge in [-0.25, -0.2) is 12.8 Å². The van der Waals surface area contributed by atoms with Crippen LogP contribution in [0.15, 0.2) is 29.4 Å². The highest BCUT2D eigenvalue weighted by Crippen LogP contribution is 2.23. The molecule has 1 aromatic rings. The van der Waals surface area contributed by atoms with Gasteiger partial charge in [0.05, 0.1) is 23.6 Å². The molecule has 8 heteroatoms. The van der Waals surface area contributed by atoms with Gasteiger partial charge in [0, 0.05) is 19.8 Å². The monoisotopic (exact) mass is 344 g/mol. The van der Waals surface area contributed by atoms with E-state index in [0.29, 0.717) is 12.1 Å². The van der Waals surface area contributed by atoms with Crippen molar-refractivity contribution >= 4 is 15.5 Å². The van der Waals surface area contributed by atoms with Crippen LogP contribution in [0.5, 0.6) is 0 Å². The number of hydrogen-bond donors (Lipinski definition) is 1. The van der Waals surface area contributed by atoms with E-state index in [2.05, 4.69) is 5.16 Å². The Morgan fingerprint density at radius 2 is 2.09 bits per heavy atom. The van der Waals surface area contributed by atoms with Crippen molar-refractivity contribution in [2.75, 3.05) is 25.8 Å². The third-order valence-electron chi connectivity index (χ3n) is 3.62. The van der Waals surface area contributed by atoms with E-state index in [9.17, 15) is 12.8 Å². The molecule has 2 rings (SSSR count). The van der Waals surface area contributed by atoms with Crippen LogP contribution in [-0.4, -0.2) is 52.1 Å². The molecule has 0 spiro atoms. The Kier molecular flexibility index (Phi) is 5.72. The van der Waals surface area contributed by atoms with Gasteiger partial charge in [0.25, 0.3) is 0 Å². The van der Waals surface area contributed by atoms with Crippen LogP contribution in [0, 0.1) is 0 Å². The first-order valence-corrected chi connectivity index (χ1v) is 9.25. The van der Waals surface area contributed by atoms with Crippen molar-refractivity contribution < 1.29 is 22.4 Å². The highest BCUT2D eigenvalue weighted by molar-refractivity contribution is 7.90. The van der Waals surface area contributed by atoms with Crippen molar-refractivity contribution in [3.8, 4) is 0 Å². The highest BCUT2D eigenvalue weighted by Gasteiger charge is 2.26. The van der Waals surface area contributed by atoms with Crippen molar-refractivity contribution in [3.63, 3.8) is 0 Å². The second-order valence-corrected chi connectivity index (χ2v) is 7.84. The quantitative estimate of drug-likeness (QED) is 0.803. The predicted octanol–water partition coefficient (Wildman–Crippen LogP) is 1.21. The summed E-state index contributed by atoms with van der Waals surface area (Å²) in [7, 11) is -1.63. The Bertz CT molecular complexity index is 661. The fourth-order valence-electron chi connectivity index (χ4n) is 2.53. The first-order valence-electron chi connectivity index (χ1n) is 7.19. The van der Waals surface area contributed by atoms with Crippen LogP contribution in [0.1, 0.15) is 23.7 Å². The molecule has 0 aliphatic carbocycles. The third kappa shape index (κ3) is 4.73. The van der Waals surface area contributed by atoms with Crippen LogP contribution in [0.3, 0.4) is 0 Å². The molecule has 23 heavy (non-hydrogen) atoms. The molecule has 0 aromatic heterocycles. The van der Waals surface area contributed by atoms with E-state index < -0.39 is 34.8 Å². The number of nitrogens with zero attached hydrogens (tertiary/aromatic N) is 1. The number of rotatable bonds is 7. The minimum absolute atomic E-state index is 0.0603. The predicted molar refractivity (Wildman–Crippen MR) is 85.9 cm³/mol. The zero-order chi connectivity index (χ0) is 17.0. The average Bonchev–Trinajstić information content (AvgIpc) is 2.94. The molecule has 3 atom stereocenters. The van der Waals surface area contributed by atoms with E-state index in [1.165, 1.54) is 13.4 Å². The zero-order valence-corrected chi connectivity index (χ0v) is 13.9. The SMILES string of the molecule is COC(c1ccc(C2=NOC(CS(C)(=O)=O)C2)cc1)C(N)CF. The molecular weight excluding hydrogens is 323 g/mol. The molecule has 3 unspecified atom stereocenters. The molecule has 1 aromatic carbocycles. The highest BCUT2D eigenvalue weighted by atomic mass is 32.2. The first-order chi connectivity index (χ1) is 10.8. The normalized spacial score (nSPS) is 20.7. The third-order valence-corrected chi connectivity index (χ3v) is 4.59. The van der Waals surface area contributed by atoms with Crippen LogP contribution >= 0.6 is 0 Å². The van der Waals surface area contributed by atoms with Crippen molar-refractivity contribution in [1.29, 1.82) is 0 Å². The van der Waals surface area contributed by atoms with Crippen LogP contribution in [-0.2, 0) is 19.4 Å². The first kappa shape index (κ1) is 17.8. The van der Waals surface area contributed by atoms with Crippen LogP contribution in [0.2, 0.25) is 0 Å². The molecule has 1 aliphatic rings.